The van der Waals surface area contributed by atoms with Crippen molar-refractivity contribution in [3.8, 4) is 28.7 Å². The Morgan fingerprint density at radius 3 is 2.45 bits per heavy atom. The lowest BCUT2D eigenvalue weighted by Crippen LogP contribution is -2.10. The second-order valence-corrected chi connectivity index (χ2v) is 6.02. The highest BCUT2D eigenvalue weighted by Gasteiger charge is 2.21. The molecule has 3 aromatic rings. The maximum Gasteiger partial charge on any atom is 0.339 e. The summed E-state index contributed by atoms with van der Waals surface area (Å²) in [7, 11) is 3.10. The Morgan fingerprint density at radius 2 is 1.79 bits per heavy atom. The van der Waals surface area contributed by atoms with Gasteiger partial charge in [-0.25, -0.2) is 4.79 Å². The molecule has 0 saturated heterocycles. The highest BCUT2D eigenvalue weighted by molar-refractivity contribution is 5.90. The van der Waals surface area contributed by atoms with Crippen molar-refractivity contribution in [2.75, 3.05) is 20.8 Å². The van der Waals surface area contributed by atoms with Crippen molar-refractivity contribution >= 4 is 5.97 Å². The van der Waals surface area contributed by atoms with Crippen LogP contribution in [0.5, 0.6) is 17.2 Å². The third kappa shape index (κ3) is 4.66. The number of carbonyl (C=O) groups excluding carboxylic acids is 1. The van der Waals surface area contributed by atoms with Crippen LogP contribution in [0.1, 0.15) is 36.2 Å². The summed E-state index contributed by atoms with van der Waals surface area (Å²) in [6.07, 6.45) is -0.723. The smallest absolute Gasteiger partial charge is 0.339 e. The molecule has 0 spiro atoms. The molecule has 0 fully saturated rings. The molecular formula is C21H22N2O6. The van der Waals surface area contributed by atoms with Gasteiger partial charge in [-0.3, -0.25) is 0 Å². The first-order chi connectivity index (χ1) is 14.0. The Morgan fingerprint density at radius 1 is 1.03 bits per heavy atom. The van der Waals surface area contributed by atoms with E-state index in [4.69, 9.17) is 23.4 Å². The van der Waals surface area contributed by atoms with E-state index in [-0.39, 0.29) is 5.89 Å². The number of hydrogen-bond acceptors (Lipinski definition) is 8. The van der Waals surface area contributed by atoms with Crippen LogP contribution in [0.4, 0.5) is 0 Å². The molecule has 0 unspecified atom stereocenters. The summed E-state index contributed by atoms with van der Waals surface area (Å²) < 4.78 is 27.0. The van der Waals surface area contributed by atoms with Crippen LogP contribution in [0.2, 0.25) is 0 Å². The number of ether oxygens (including phenoxy) is 4. The molecule has 0 amide bonds. The quantitative estimate of drug-likeness (QED) is 0.524. The summed E-state index contributed by atoms with van der Waals surface area (Å²) >= 11 is 0. The van der Waals surface area contributed by atoms with Gasteiger partial charge < -0.3 is 23.4 Å². The Balaban J connectivity index is 1.70. The maximum absolute atomic E-state index is 12.5. The first-order valence-corrected chi connectivity index (χ1v) is 9.05. The van der Waals surface area contributed by atoms with Crippen LogP contribution < -0.4 is 14.2 Å². The molecule has 0 aliphatic heterocycles. The number of benzene rings is 2. The van der Waals surface area contributed by atoms with Crippen LogP contribution in [-0.4, -0.2) is 37.0 Å². The fourth-order valence-corrected chi connectivity index (χ4v) is 2.60. The predicted molar refractivity (Wildman–Crippen MR) is 104 cm³/mol. The van der Waals surface area contributed by atoms with Gasteiger partial charge in [-0.05, 0) is 56.3 Å². The molecule has 29 heavy (non-hydrogen) atoms. The number of esters is 1. The molecule has 0 aliphatic carbocycles. The Labute approximate surface area is 168 Å². The van der Waals surface area contributed by atoms with E-state index in [2.05, 4.69) is 10.2 Å². The number of carbonyl (C=O) groups is 1. The summed E-state index contributed by atoms with van der Waals surface area (Å²) in [6.45, 7) is 4.02. The molecule has 3 rings (SSSR count). The fourth-order valence-electron chi connectivity index (χ4n) is 2.60. The van der Waals surface area contributed by atoms with Crippen molar-refractivity contribution in [1.29, 1.82) is 0 Å². The first-order valence-electron chi connectivity index (χ1n) is 9.05. The van der Waals surface area contributed by atoms with Gasteiger partial charge in [-0.2, -0.15) is 0 Å². The molecule has 1 heterocycles. The lowest BCUT2D eigenvalue weighted by Gasteiger charge is -2.12. The van der Waals surface area contributed by atoms with E-state index in [1.165, 1.54) is 7.11 Å². The minimum absolute atomic E-state index is 0.196. The first kappa shape index (κ1) is 20.2. The van der Waals surface area contributed by atoms with Gasteiger partial charge in [-0.15, -0.1) is 10.2 Å². The van der Waals surface area contributed by atoms with E-state index in [9.17, 15) is 4.79 Å². The minimum Gasteiger partial charge on any atom is -0.497 e. The Hall–Kier alpha value is -3.55. The Bertz CT molecular complexity index is 968. The summed E-state index contributed by atoms with van der Waals surface area (Å²) in [5.74, 6) is 1.72. The summed E-state index contributed by atoms with van der Waals surface area (Å²) in [6, 6.07) is 12.0. The average Bonchev–Trinajstić information content (AvgIpc) is 3.24. The summed E-state index contributed by atoms with van der Waals surface area (Å²) in [5, 5.41) is 8.00. The third-order valence-corrected chi connectivity index (χ3v) is 4.11. The molecule has 0 aliphatic rings. The largest absolute Gasteiger partial charge is 0.497 e. The van der Waals surface area contributed by atoms with Crippen LogP contribution in [0.15, 0.2) is 46.9 Å². The SMILES string of the molecule is CCOc1ccc(C(=O)O[C@H](C)c2nnc(-c3ccc(OC)cc3)o2)cc1OC. The number of hydrogen-bond donors (Lipinski definition) is 0. The van der Waals surface area contributed by atoms with E-state index in [1.54, 1.807) is 56.5 Å². The van der Waals surface area contributed by atoms with Gasteiger partial charge >= 0.3 is 5.97 Å². The van der Waals surface area contributed by atoms with Gasteiger partial charge in [0, 0.05) is 5.56 Å². The van der Waals surface area contributed by atoms with E-state index in [0.29, 0.717) is 29.6 Å². The van der Waals surface area contributed by atoms with Crippen LogP contribution in [-0.2, 0) is 4.74 Å². The summed E-state index contributed by atoms with van der Waals surface area (Å²) in [4.78, 5) is 12.5. The van der Waals surface area contributed by atoms with Gasteiger partial charge in [0.2, 0.25) is 5.89 Å². The predicted octanol–water partition coefficient (Wildman–Crippen LogP) is 4.07. The number of rotatable bonds is 8. The summed E-state index contributed by atoms with van der Waals surface area (Å²) in [5.41, 5.74) is 1.06. The molecule has 1 atom stereocenters. The lowest BCUT2D eigenvalue weighted by molar-refractivity contribution is 0.0279. The standard InChI is InChI=1S/C21H22N2O6/c1-5-27-17-11-8-15(12-18(17)26-4)21(24)28-13(2)19-22-23-20(29-19)14-6-9-16(25-3)10-7-14/h6-13H,5H2,1-4H3/t13-/m1/s1. The monoisotopic (exact) mass is 398 g/mol. The number of methoxy groups -OCH3 is 2. The molecular weight excluding hydrogens is 376 g/mol. The fraction of sp³-hybridized carbons (Fsp3) is 0.286. The second kappa shape index (κ2) is 9.09. The lowest BCUT2D eigenvalue weighted by atomic mass is 10.2. The van der Waals surface area contributed by atoms with Gasteiger partial charge in [0.05, 0.1) is 26.4 Å². The van der Waals surface area contributed by atoms with E-state index in [1.807, 2.05) is 6.92 Å². The molecule has 8 heteroatoms. The maximum atomic E-state index is 12.5. The second-order valence-electron chi connectivity index (χ2n) is 6.02. The topological polar surface area (TPSA) is 92.9 Å². The molecule has 2 aromatic carbocycles. The molecule has 152 valence electrons. The van der Waals surface area contributed by atoms with E-state index < -0.39 is 12.1 Å². The van der Waals surface area contributed by atoms with Crippen molar-refractivity contribution in [2.24, 2.45) is 0 Å². The van der Waals surface area contributed by atoms with Crippen molar-refractivity contribution < 1.29 is 28.2 Å². The van der Waals surface area contributed by atoms with E-state index in [0.717, 1.165) is 11.3 Å². The van der Waals surface area contributed by atoms with Crippen molar-refractivity contribution in [3.63, 3.8) is 0 Å². The molecule has 0 bridgehead atoms. The zero-order valence-corrected chi connectivity index (χ0v) is 16.7. The molecule has 1 aromatic heterocycles. The molecule has 0 saturated carbocycles. The van der Waals surface area contributed by atoms with Crippen molar-refractivity contribution in [1.82, 2.24) is 10.2 Å². The molecule has 0 radical (unpaired) electrons. The van der Waals surface area contributed by atoms with Gasteiger partial charge in [-0.1, -0.05) is 0 Å². The van der Waals surface area contributed by atoms with Crippen LogP contribution in [0.25, 0.3) is 11.5 Å². The van der Waals surface area contributed by atoms with Crippen molar-refractivity contribution in [2.45, 2.75) is 20.0 Å². The van der Waals surface area contributed by atoms with Gasteiger partial charge in [0.15, 0.2) is 17.6 Å². The van der Waals surface area contributed by atoms with Crippen LogP contribution in [0, 0.1) is 0 Å². The third-order valence-electron chi connectivity index (χ3n) is 4.11. The van der Waals surface area contributed by atoms with Crippen LogP contribution in [0.3, 0.4) is 0 Å². The normalized spacial score (nSPS) is 11.6. The highest BCUT2D eigenvalue weighted by atomic mass is 16.6. The highest BCUT2D eigenvalue weighted by Crippen LogP contribution is 2.29. The minimum atomic E-state index is -0.723. The zero-order valence-electron chi connectivity index (χ0n) is 16.7. The molecule has 0 N–H and O–H groups in total. The number of aromatic nitrogens is 2. The van der Waals surface area contributed by atoms with Gasteiger partial charge in [0.25, 0.3) is 5.89 Å². The number of nitrogens with zero attached hydrogens (tertiary/aromatic N) is 2. The molecule has 8 nitrogen and oxygen atoms in total. The van der Waals surface area contributed by atoms with Crippen molar-refractivity contribution in [3.05, 3.63) is 53.9 Å². The average molecular weight is 398 g/mol. The Kier molecular flexibility index (Phi) is 6.33. The van der Waals surface area contributed by atoms with Crippen LogP contribution >= 0.6 is 0 Å². The van der Waals surface area contributed by atoms with Gasteiger partial charge in [0.1, 0.15) is 5.75 Å². The zero-order chi connectivity index (χ0) is 20.8. The van der Waals surface area contributed by atoms with E-state index >= 15 is 0 Å².